The second kappa shape index (κ2) is 8.45. The number of nitrogens with zero attached hydrogens (tertiary/aromatic N) is 4. The summed E-state index contributed by atoms with van der Waals surface area (Å²) in [5, 5.41) is 4.29. The molecule has 5 nitrogen and oxygen atoms in total. The topological polar surface area (TPSA) is 46.0 Å². The molecule has 0 saturated carbocycles. The summed E-state index contributed by atoms with van der Waals surface area (Å²) in [6, 6.07) is 18.9. The summed E-state index contributed by atoms with van der Waals surface area (Å²) >= 11 is 5.91. The van der Waals surface area contributed by atoms with E-state index >= 15 is 0 Å². The molecule has 1 aliphatic heterocycles. The molecule has 0 amide bonds. The Kier molecular flexibility index (Phi) is 5.46. The lowest BCUT2D eigenvalue weighted by Crippen LogP contribution is -2.29. The van der Waals surface area contributed by atoms with Gasteiger partial charge in [0.25, 0.3) is 0 Å². The average molecular weight is 454 g/mol. The first-order valence-corrected chi connectivity index (χ1v) is 11.5. The van der Waals surface area contributed by atoms with Crippen molar-refractivity contribution < 1.29 is 0 Å². The van der Waals surface area contributed by atoms with Crippen molar-refractivity contribution in [2.24, 2.45) is 0 Å². The number of pyridine rings is 2. The van der Waals surface area contributed by atoms with E-state index in [2.05, 4.69) is 88.8 Å². The molecule has 1 aromatic carbocycles. The first kappa shape index (κ1) is 21.3. The first-order chi connectivity index (χ1) is 15.9. The molecule has 0 aliphatic carbocycles. The maximum absolute atomic E-state index is 5.91. The Bertz CT molecular complexity index is 1290. The highest BCUT2D eigenvalue weighted by Crippen LogP contribution is 2.44. The minimum absolute atomic E-state index is 0.0368. The second-order valence-corrected chi connectivity index (χ2v) is 9.10. The van der Waals surface area contributed by atoms with Crippen molar-refractivity contribution in [1.82, 2.24) is 19.9 Å². The van der Waals surface area contributed by atoms with Crippen LogP contribution in [0.15, 0.2) is 73.2 Å². The highest BCUT2D eigenvalue weighted by Gasteiger charge is 2.42. The van der Waals surface area contributed by atoms with Gasteiger partial charge in [0.1, 0.15) is 0 Å². The van der Waals surface area contributed by atoms with E-state index in [4.69, 9.17) is 12.2 Å². The number of nitrogens with one attached hydrogen (secondary N) is 1. The zero-order valence-corrected chi connectivity index (χ0v) is 20.1. The number of aryl methyl sites for hydroxylation is 3. The smallest absolute Gasteiger partial charge is 0.174 e. The molecule has 4 heterocycles. The molecule has 2 atom stereocenters. The Labute approximate surface area is 200 Å². The zero-order chi connectivity index (χ0) is 23.1. The SMILES string of the molecule is Cc1cc(C)cc(N2C(=S)N[C@@H](c3ccccn3)[C@@H]2c2cc(C)n(-c3cccnc3)c2C)c1. The number of aromatic nitrogens is 3. The Morgan fingerprint density at radius 3 is 2.33 bits per heavy atom. The van der Waals surface area contributed by atoms with Gasteiger partial charge in [0.2, 0.25) is 0 Å². The molecule has 4 aromatic rings. The Balaban J connectivity index is 1.70. The van der Waals surface area contributed by atoms with Crippen LogP contribution in [0, 0.1) is 27.7 Å². The fourth-order valence-electron chi connectivity index (χ4n) is 5.01. The van der Waals surface area contributed by atoms with E-state index in [0.717, 1.165) is 22.8 Å². The third-order valence-corrected chi connectivity index (χ3v) is 6.59. The van der Waals surface area contributed by atoms with Crippen LogP contribution in [0.5, 0.6) is 0 Å². The van der Waals surface area contributed by atoms with Gasteiger partial charge < -0.3 is 14.8 Å². The fourth-order valence-corrected chi connectivity index (χ4v) is 5.36. The maximum Gasteiger partial charge on any atom is 0.174 e. The van der Waals surface area contributed by atoms with E-state index < -0.39 is 0 Å². The molecule has 3 aromatic heterocycles. The molecule has 1 fully saturated rings. The minimum Gasteiger partial charge on any atom is -0.351 e. The molecule has 6 heteroatoms. The molecule has 0 spiro atoms. The van der Waals surface area contributed by atoms with E-state index in [9.17, 15) is 0 Å². The van der Waals surface area contributed by atoms with Crippen LogP contribution in [0.2, 0.25) is 0 Å². The number of benzene rings is 1. The summed E-state index contributed by atoms with van der Waals surface area (Å²) < 4.78 is 2.26. The summed E-state index contributed by atoms with van der Waals surface area (Å²) in [4.78, 5) is 11.3. The molecule has 5 rings (SSSR count). The zero-order valence-electron chi connectivity index (χ0n) is 19.3. The maximum atomic E-state index is 5.91. The highest BCUT2D eigenvalue weighted by molar-refractivity contribution is 7.80. The normalized spacial score (nSPS) is 17.9. The van der Waals surface area contributed by atoms with Crippen LogP contribution in [-0.2, 0) is 0 Å². The number of anilines is 1. The molecule has 1 aliphatic rings. The van der Waals surface area contributed by atoms with E-state index in [1.165, 1.54) is 22.4 Å². The van der Waals surface area contributed by atoms with Crippen molar-refractivity contribution in [1.29, 1.82) is 0 Å². The van der Waals surface area contributed by atoms with Crippen molar-refractivity contribution >= 4 is 23.0 Å². The van der Waals surface area contributed by atoms with E-state index in [1.54, 1.807) is 6.20 Å². The van der Waals surface area contributed by atoms with Gasteiger partial charge in [0.15, 0.2) is 5.11 Å². The monoisotopic (exact) mass is 453 g/mol. The van der Waals surface area contributed by atoms with Crippen LogP contribution in [0.25, 0.3) is 5.69 Å². The molecule has 1 N–H and O–H groups in total. The van der Waals surface area contributed by atoms with Gasteiger partial charge in [-0.3, -0.25) is 9.97 Å². The number of hydrogen-bond donors (Lipinski definition) is 1. The molecular weight excluding hydrogens is 426 g/mol. The number of hydrogen-bond acceptors (Lipinski definition) is 3. The van der Waals surface area contributed by atoms with Crippen LogP contribution in [0.4, 0.5) is 5.69 Å². The molecule has 1 saturated heterocycles. The molecular formula is C27H27N5S. The van der Waals surface area contributed by atoms with Crippen molar-refractivity contribution in [2.75, 3.05) is 4.90 Å². The van der Waals surface area contributed by atoms with Gasteiger partial charge in [-0.1, -0.05) is 12.1 Å². The van der Waals surface area contributed by atoms with Gasteiger partial charge in [-0.2, -0.15) is 0 Å². The van der Waals surface area contributed by atoms with Crippen LogP contribution in [0.1, 0.15) is 45.9 Å². The Morgan fingerprint density at radius 2 is 1.67 bits per heavy atom. The lowest BCUT2D eigenvalue weighted by atomic mass is 9.96. The van der Waals surface area contributed by atoms with Gasteiger partial charge in [-0.15, -0.1) is 0 Å². The lowest BCUT2D eigenvalue weighted by Gasteiger charge is -2.28. The average Bonchev–Trinajstić information content (AvgIpc) is 3.29. The Hall–Kier alpha value is -3.51. The third kappa shape index (κ3) is 3.80. The molecule has 0 unspecified atom stereocenters. The van der Waals surface area contributed by atoms with Gasteiger partial charge in [0.05, 0.1) is 29.7 Å². The largest absolute Gasteiger partial charge is 0.351 e. The molecule has 166 valence electrons. The number of thiocarbonyl (C=S) groups is 1. The van der Waals surface area contributed by atoms with Crippen LogP contribution < -0.4 is 10.2 Å². The minimum atomic E-state index is -0.0673. The summed E-state index contributed by atoms with van der Waals surface area (Å²) in [6.45, 7) is 8.57. The van der Waals surface area contributed by atoms with Crippen molar-refractivity contribution in [2.45, 2.75) is 39.8 Å². The molecule has 0 bridgehead atoms. The van der Waals surface area contributed by atoms with Gasteiger partial charge in [0, 0.05) is 29.5 Å². The predicted octanol–water partition coefficient (Wildman–Crippen LogP) is 5.68. The second-order valence-electron chi connectivity index (χ2n) is 8.72. The molecule has 0 radical (unpaired) electrons. The van der Waals surface area contributed by atoms with Gasteiger partial charge >= 0.3 is 0 Å². The predicted molar refractivity (Wildman–Crippen MR) is 137 cm³/mol. The Morgan fingerprint density at radius 1 is 0.879 bits per heavy atom. The van der Waals surface area contributed by atoms with E-state index in [1.807, 2.05) is 30.6 Å². The van der Waals surface area contributed by atoms with Crippen LogP contribution in [-0.4, -0.2) is 19.6 Å². The van der Waals surface area contributed by atoms with Gasteiger partial charge in [-0.25, -0.2) is 0 Å². The molecule has 33 heavy (non-hydrogen) atoms. The summed E-state index contributed by atoms with van der Waals surface area (Å²) in [5.41, 5.74) is 9.11. The summed E-state index contributed by atoms with van der Waals surface area (Å²) in [6.07, 6.45) is 5.55. The van der Waals surface area contributed by atoms with Crippen molar-refractivity contribution in [3.05, 3.63) is 107 Å². The quantitative estimate of drug-likeness (QED) is 0.403. The standard InChI is InChI=1S/C27H27N5S/c1-17-12-18(2)14-22(13-17)32-26(25(30-27(32)33)24-9-5-6-11-29-24)23-15-19(3)31(20(23)4)21-8-7-10-28-16-21/h5-16,25-26H,1-4H3,(H,30,33)/t25-,26-/m0/s1. The third-order valence-electron chi connectivity index (χ3n) is 6.28. The van der Waals surface area contributed by atoms with Crippen molar-refractivity contribution in [3.63, 3.8) is 0 Å². The van der Waals surface area contributed by atoms with E-state index in [-0.39, 0.29) is 12.1 Å². The first-order valence-electron chi connectivity index (χ1n) is 11.1. The highest BCUT2D eigenvalue weighted by atomic mass is 32.1. The van der Waals surface area contributed by atoms with Gasteiger partial charge in [-0.05, 0) is 99.1 Å². The lowest BCUT2D eigenvalue weighted by molar-refractivity contribution is 0.565. The summed E-state index contributed by atoms with van der Waals surface area (Å²) in [7, 11) is 0. The van der Waals surface area contributed by atoms with Crippen molar-refractivity contribution in [3.8, 4) is 5.69 Å². The fraction of sp³-hybridized carbons (Fsp3) is 0.222. The van der Waals surface area contributed by atoms with E-state index in [0.29, 0.717) is 5.11 Å². The number of rotatable bonds is 4. The summed E-state index contributed by atoms with van der Waals surface area (Å²) in [5.74, 6) is 0. The van der Waals surface area contributed by atoms with Crippen LogP contribution in [0.3, 0.4) is 0 Å². The van der Waals surface area contributed by atoms with Crippen LogP contribution >= 0.6 is 12.2 Å².